The second-order valence-electron chi connectivity index (χ2n) is 16.5. The average molecular weight is 848 g/mol. The molecule has 2 aliphatic carbocycles. The van der Waals surface area contributed by atoms with E-state index in [1.54, 1.807) is 59.7 Å². The van der Waals surface area contributed by atoms with Crippen molar-refractivity contribution in [3.05, 3.63) is 29.3 Å². The maximum absolute atomic E-state index is 14.5. The number of hydrogen-bond donors (Lipinski definition) is 3. The number of nitrogens with one attached hydrogen (secondary N) is 3. The molecular weight excluding hydrogens is 799 g/mol. The number of halogens is 4. The molecule has 3 fully saturated rings. The highest BCUT2D eigenvalue weighted by Crippen LogP contribution is 2.47. The molecule has 20 heteroatoms. The fourth-order valence-corrected chi connectivity index (χ4v) is 8.01. The second-order valence-corrected chi connectivity index (χ2v) is 18.2. The van der Waals surface area contributed by atoms with E-state index in [9.17, 15) is 40.8 Å². The third-order valence-electron chi connectivity index (χ3n) is 10.4. The van der Waals surface area contributed by atoms with Crippen LogP contribution >= 0.6 is 11.6 Å². The molecule has 3 N–H and O–H groups in total. The van der Waals surface area contributed by atoms with Gasteiger partial charge in [0.25, 0.3) is 5.91 Å². The molecule has 1 aromatic carbocycles. The molecule has 2 heterocycles. The van der Waals surface area contributed by atoms with Crippen LogP contribution in [-0.4, -0.2) is 96.4 Å². The predicted octanol–water partition coefficient (Wildman–Crippen LogP) is 5.33. The van der Waals surface area contributed by atoms with E-state index in [4.69, 9.17) is 30.0 Å². The molecule has 2 aromatic rings. The largest absolute Gasteiger partial charge is 0.488 e. The summed E-state index contributed by atoms with van der Waals surface area (Å²) in [4.78, 5) is 61.0. The molecule has 0 radical (unpaired) electrons. The fourth-order valence-electron chi connectivity index (χ4n) is 6.65. The fraction of sp³-hybridized carbons (Fsp3) is 0.649. The van der Waals surface area contributed by atoms with E-state index < -0.39 is 86.6 Å². The molecule has 5 atom stereocenters. The van der Waals surface area contributed by atoms with Crippen LogP contribution in [0.4, 0.5) is 18.0 Å². The zero-order chi connectivity index (χ0) is 42.5. The van der Waals surface area contributed by atoms with Crippen LogP contribution in [0.2, 0.25) is 5.02 Å². The van der Waals surface area contributed by atoms with Crippen molar-refractivity contribution in [2.24, 2.45) is 11.3 Å². The Hall–Kier alpha value is -4.10. The van der Waals surface area contributed by atoms with Gasteiger partial charge >= 0.3 is 22.6 Å². The first-order valence-corrected chi connectivity index (χ1v) is 20.4. The van der Waals surface area contributed by atoms with Crippen LogP contribution in [0.5, 0.6) is 11.6 Å². The number of rotatable bonds is 14. The summed E-state index contributed by atoms with van der Waals surface area (Å²) in [5.41, 5.74) is -6.28. The maximum Gasteiger partial charge on any atom is 0.427 e. The Bertz CT molecular complexity index is 2020. The lowest BCUT2D eigenvalue weighted by Gasteiger charge is -2.36. The zero-order valence-electron chi connectivity index (χ0n) is 33.0. The number of alkyl carbamates (subject to hydrolysis) is 1. The van der Waals surface area contributed by atoms with E-state index in [0.717, 1.165) is 4.90 Å². The van der Waals surface area contributed by atoms with Gasteiger partial charge in [0.05, 0.1) is 29.3 Å². The Morgan fingerprint density at radius 2 is 1.75 bits per heavy atom. The third kappa shape index (κ3) is 9.79. The molecule has 316 valence electrons. The summed E-state index contributed by atoms with van der Waals surface area (Å²) in [7, 11) is -4.55. The number of carbonyl (C=O) groups excluding carboxylic acids is 4. The van der Waals surface area contributed by atoms with Crippen molar-refractivity contribution in [1.29, 1.82) is 0 Å². The lowest BCUT2D eigenvalue weighted by Crippen LogP contribution is -2.60. The van der Waals surface area contributed by atoms with Crippen LogP contribution in [0, 0.1) is 11.3 Å². The van der Waals surface area contributed by atoms with Crippen LogP contribution < -0.4 is 24.8 Å². The molecule has 5 rings (SSSR count). The number of hydrogen-bond acceptors (Lipinski definition) is 11. The van der Waals surface area contributed by atoms with E-state index in [1.165, 1.54) is 6.07 Å². The number of para-hydroxylation sites is 1. The number of pyridine rings is 1. The van der Waals surface area contributed by atoms with Gasteiger partial charge in [-0.2, -0.15) is 21.6 Å². The minimum absolute atomic E-state index is 0.0887. The van der Waals surface area contributed by atoms with Gasteiger partial charge in [-0.15, -0.1) is 0 Å². The molecule has 15 nitrogen and oxygen atoms in total. The summed E-state index contributed by atoms with van der Waals surface area (Å²) in [5, 5.41) is 5.77. The number of ether oxygens (including phenoxy) is 3. The van der Waals surface area contributed by atoms with Crippen LogP contribution in [0.25, 0.3) is 10.9 Å². The van der Waals surface area contributed by atoms with Crippen molar-refractivity contribution >= 4 is 56.6 Å². The number of amides is 4. The molecular formula is C37H49ClF3N5O10S. The molecule has 4 amide bonds. The standard InChI is InChI=1S/C37H49ClF3N5O10S/c1-9-20-18-36(20,31(49)45-57(51,52)56-35(8)14-15-35)44-29(47)24-16-21(54-25-17-26(53-10-2)42-27-22(25)12-11-13-23(27)38)19-46(24)30(48)28(33(3,4)5)43-32(50)55-34(6,7)37(39,40)41/h11-13,17,20-21,24,28H,9-10,14-16,18-19H2,1-8H3,(H,43,50)(H,44,47)(H,45,49)/t20-,21-,24+,28-,36-/m1/s1. The van der Waals surface area contributed by atoms with Crippen molar-refractivity contribution in [3.63, 3.8) is 0 Å². The Balaban J connectivity index is 1.47. The summed E-state index contributed by atoms with van der Waals surface area (Å²) in [6.07, 6.45) is -6.10. The average Bonchev–Trinajstić information content (AvgIpc) is 3.94. The van der Waals surface area contributed by atoms with Crippen LogP contribution in [-0.2, 0) is 33.6 Å². The van der Waals surface area contributed by atoms with Crippen LogP contribution in [0.1, 0.15) is 87.5 Å². The molecule has 57 heavy (non-hydrogen) atoms. The first-order valence-electron chi connectivity index (χ1n) is 18.6. The summed E-state index contributed by atoms with van der Waals surface area (Å²) in [5.74, 6) is -2.73. The number of nitrogens with zero attached hydrogens (tertiary/aromatic N) is 2. The highest BCUT2D eigenvalue weighted by atomic mass is 35.5. The first-order chi connectivity index (χ1) is 26.2. The smallest absolute Gasteiger partial charge is 0.427 e. The summed E-state index contributed by atoms with van der Waals surface area (Å²) in [6, 6.07) is 3.64. The third-order valence-corrected chi connectivity index (χ3v) is 11.8. The van der Waals surface area contributed by atoms with Gasteiger partial charge < -0.3 is 29.7 Å². The number of benzene rings is 1. The number of likely N-dealkylation sites (tertiary alicyclic amines) is 1. The minimum Gasteiger partial charge on any atom is -0.488 e. The summed E-state index contributed by atoms with van der Waals surface area (Å²) in [6.45, 7) is 11.1. The molecule has 3 aliphatic rings. The number of fused-ring (bicyclic) bond motifs is 1. The van der Waals surface area contributed by atoms with E-state index in [2.05, 4.69) is 15.6 Å². The van der Waals surface area contributed by atoms with Crippen molar-refractivity contribution in [2.75, 3.05) is 13.2 Å². The van der Waals surface area contributed by atoms with E-state index in [0.29, 0.717) is 49.0 Å². The van der Waals surface area contributed by atoms with Gasteiger partial charge in [0, 0.05) is 17.9 Å². The van der Waals surface area contributed by atoms with Gasteiger partial charge in [0.2, 0.25) is 23.3 Å². The highest BCUT2D eigenvalue weighted by Gasteiger charge is 2.62. The monoisotopic (exact) mass is 847 g/mol. The molecule has 0 unspecified atom stereocenters. The number of aromatic nitrogens is 1. The SMILES string of the molecule is CCOc1cc(O[C@@H]2C[C@@H](C(=O)N[C@]3(C(=O)NS(=O)(=O)OC4(C)CC4)C[C@H]3CC)N(C(=O)[C@@H](NC(=O)OC(C)(C)C(F)(F)F)C(C)(C)C)C2)c2cccc(Cl)c2n1. The maximum atomic E-state index is 14.5. The van der Waals surface area contributed by atoms with E-state index >= 15 is 0 Å². The second kappa shape index (κ2) is 15.6. The minimum atomic E-state index is -4.93. The number of alkyl halides is 3. The topological polar surface area (TPSA) is 192 Å². The molecule has 2 saturated carbocycles. The normalized spacial score (nSPS) is 23.6. The van der Waals surface area contributed by atoms with E-state index in [1.807, 2.05) is 4.72 Å². The predicted molar refractivity (Wildman–Crippen MR) is 201 cm³/mol. The van der Waals surface area contributed by atoms with Gasteiger partial charge in [-0.1, -0.05) is 51.8 Å². The Morgan fingerprint density at radius 1 is 1.09 bits per heavy atom. The zero-order valence-corrected chi connectivity index (χ0v) is 34.5. The molecule has 0 spiro atoms. The van der Waals surface area contributed by atoms with Gasteiger partial charge in [0.1, 0.15) is 29.5 Å². The van der Waals surface area contributed by atoms with Gasteiger partial charge in [-0.3, -0.25) is 14.4 Å². The highest BCUT2D eigenvalue weighted by molar-refractivity contribution is 7.85. The molecule has 1 aliphatic heterocycles. The van der Waals surface area contributed by atoms with Gasteiger partial charge in [0.15, 0.2) is 0 Å². The van der Waals surface area contributed by atoms with Crippen LogP contribution in [0.3, 0.4) is 0 Å². The van der Waals surface area contributed by atoms with Crippen molar-refractivity contribution in [3.8, 4) is 11.6 Å². The van der Waals surface area contributed by atoms with Crippen molar-refractivity contribution in [1.82, 2.24) is 25.2 Å². The van der Waals surface area contributed by atoms with Gasteiger partial charge in [-0.05, 0) is 70.4 Å². The van der Waals surface area contributed by atoms with Crippen molar-refractivity contribution < 1.29 is 59.2 Å². The van der Waals surface area contributed by atoms with E-state index in [-0.39, 0.29) is 37.6 Å². The summed E-state index contributed by atoms with van der Waals surface area (Å²) >= 11 is 6.46. The number of carbonyl (C=O) groups is 4. The Labute approximate surface area is 334 Å². The molecule has 0 bridgehead atoms. The first kappa shape index (κ1) is 44.0. The van der Waals surface area contributed by atoms with Gasteiger partial charge in [-0.25, -0.2) is 18.7 Å². The molecule has 1 saturated heterocycles. The lowest BCUT2D eigenvalue weighted by molar-refractivity contribution is -0.244. The molecule has 1 aromatic heterocycles. The Morgan fingerprint density at radius 3 is 2.32 bits per heavy atom. The summed E-state index contributed by atoms with van der Waals surface area (Å²) < 4.78 is 90.3. The van der Waals surface area contributed by atoms with Crippen molar-refractivity contribution in [2.45, 2.75) is 129 Å². The quantitative estimate of drug-likeness (QED) is 0.223. The van der Waals surface area contributed by atoms with Crippen LogP contribution in [0.15, 0.2) is 24.3 Å². The lowest BCUT2D eigenvalue weighted by atomic mass is 9.85. The Kier molecular flexibility index (Phi) is 12.0.